The molecule has 1 aliphatic carbocycles. The molecule has 26 heavy (non-hydrogen) atoms. The summed E-state index contributed by atoms with van der Waals surface area (Å²) in [6.07, 6.45) is 1.82. The van der Waals surface area contributed by atoms with Crippen molar-refractivity contribution in [3.8, 4) is 0 Å². The van der Waals surface area contributed by atoms with Gasteiger partial charge in [-0.1, -0.05) is 24.3 Å². The van der Waals surface area contributed by atoms with E-state index in [1.54, 1.807) is 12.1 Å². The molecule has 5 heteroatoms. The van der Waals surface area contributed by atoms with Crippen molar-refractivity contribution in [2.24, 2.45) is 0 Å². The number of nitrogens with zero attached hydrogens (tertiary/aromatic N) is 2. The zero-order valence-electron chi connectivity index (χ0n) is 15.0. The van der Waals surface area contributed by atoms with Gasteiger partial charge in [-0.05, 0) is 55.2 Å². The summed E-state index contributed by atoms with van der Waals surface area (Å²) in [5.41, 5.74) is 3.15. The monoisotopic (exact) mass is 353 g/mol. The van der Waals surface area contributed by atoms with E-state index in [0.717, 1.165) is 31.5 Å². The predicted octanol–water partition coefficient (Wildman–Crippen LogP) is 3.66. The first-order valence-electron chi connectivity index (χ1n) is 9.21. The van der Waals surface area contributed by atoms with Gasteiger partial charge in [0.25, 0.3) is 0 Å². The molecule has 2 fully saturated rings. The third-order valence-electron chi connectivity index (χ3n) is 5.43. The number of urea groups is 1. The van der Waals surface area contributed by atoms with Crippen molar-refractivity contribution < 1.29 is 9.18 Å². The van der Waals surface area contributed by atoms with E-state index in [9.17, 15) is 9.18 Å². The Morgan fingerprint density at radius 2 is 1.73 bits per heavy atom. The normalized spacial score (nSPS) is 18.5. The first kappa shape index (κ1) is 16.9. The zero-order valence-corrected chi connectivity index (χ0v) is 15.0. The fourth-order valence-electron chi connectivity index (χ4n) is 3.66. The summed E-state index contributed by atoms with van der Waals surface area (Å²) in [5.74, 6) is -0.247. The molecule has 4 nitrogen and oxygen atoms in total. The lowest BCUT2D eigenvalue weighted by atomic mass is 10.1. The number of halogens is 1. The second-order valence-electron chi connectivity index (χ2n) is 7.33. The smallest absolute Gasteiger partial charge is 0.318 e. The number of anilines is 1. The largest absolute Gasteiger partial charge is 0.368 e. The average molecular weight is 353 g/mol. The van der Waals surface area contributed by atoms with E-state index in [-0.39, 0.29) is 17.4 Å². The van der Waals surface area contributed by atoms with Crippen LogP contribution in [0.2, 0.25) is 0 Å². The SMILES string of the molecule is Cc1cccc(N2CCN(C(=O)NC3(c4ccc(F)cc4)CC3)CC2)c1. The molecular formula is C21H24FN3O. The number of piperazine rings is 1. The van der Waals surface area contributed by atoms with E-state index < -0.39 is 0 Å². The molecule has 0 radical (unpaired) electrons. The Morgan fingerprint density at radius 1 is 1.04 bits per heavy atom. The molecule has 2 amide bonds. The van der Waals surface area contributed by atoms with Crippen LogP contribution in [-0.2, 0) is 5.54 Å². The van der Waals surface area contributed by atoms with Gasteiger partial charge in [0.1, 0.15) is 5.82 Å². The standard InChI is InChI=1S/C21H24FN3O/c1-16-3-2-4-19(15-16)24-11-13-25(14-12-24)20(26)23-21(9-10-21)17-5-7-18(22)8-6-17/h2-8,15H,9-14H2,1H3,(H,23,26). The van der Waals surface area contributed by atoms with Crippen molar-refractivity contribution in [3.05, 3.63) is 65.5 Å². The minimum atomic E-state index is -0.307. The Hall–Kier alpha value is -2.56. The molecule has 2 aromatic carbocycles. The Balaban J connectivity index is 1.36. The van der Waals surface area contributed by atoms with Gasteiger partial charge in [0.15, 0.2) is 0 Å². The van der Waals surface area contributed by atoms with Crippen LogP contribution in [0.25, 0.3) is 0 Å². The summed E-state index contributed by atoms with van der Waals surface area (Å²) in [6.45, 7) is 5.18. The lowest BCUT2D eigenvalue weighted by Gasteiger charge is -2.37. The van der Waals surface area contributed by atoms with Gasteiger partial charge < -0.3 is 15.1 Å². The Labute approximate surface area is 153 Å². The topological polar surface area (TPSA) is 35.6 Å². The summed E-state index contributed by atoms with van der Waals surface area (Å²) in [4.78, 5) is 16.9. The van der Waals surface area contributed by atoms with Crippen LogP contribution in [0, 0.1) is 12.7 Å². The number of amides is 2. The van der Waals surface area contributed by atoms with E-state index >= 15 is 0 Å². The van der Waals surface area contributed by atoms with Crippen molar-refractivity contribution >= 4 is 11.7 Å². The van der Waals surface area contributed by atoms with E-state index in [4.69, 9.17) is 0 Å². The molecule has 2 aliphatic rings. The highest BCUT2D eigenvalue weighted by molar-refractivity contribution is 5.76. The molecule has 0 spiro atoms. The van der Waals surface area contributed by atoms with Gasteiger partial charge >= 0.3 is 6.03 Å². The van der Waals surface area contributed by atoms with Crippen LogP contribution in [0.4, 0.5) is 14.9 Å². The summed E-state index contributed by atoms with van der Waals surface area (Å²) >= 11 is 0. The highest BCUT2D eigenvalue weighted by Crippen LogP contribution is 2.45. The minimum absolute atomic E-state index is 0.0179. The van der Waals surface area contributed by atoms with Crippen molar-refractivity contribution in [1.82, 2.24) is 10.2 Å². The van der Waals surface area contributed by atoms with Crippen LogP contribution < -0.4 is 10.2 Å². The molecule has 136 valence electrons. The molecule has 1 aliphatic heterocycles. The third kappa shape index (κ3) is 3.39. The van der Waals surface area contributed by atoms with Gasteiger partial charge in [-0.25, -0.2) is 9.18 Å². The number of carbonyl (C=O) groups excluding carboxylic acids is 1. The van der Waals surface area contributed by atoms with Crippen LogP contribution in [0.15, 0.2) is 48.5 Å². The molecule has 4 rings (SSSR count). The van der Waals surface area contributed by atoms with Crippen LogP contribution >= 0.6 is 0 Å². The van der Waals surface area contributed by atoms with Gasteiger partial charge in [-0.3, -0.25) is 0 Å². The first-order chi connectivity index (χ1) is 12.6. The second-order valence-corrected chi connectivity index (χ2v) is 7.33. The van der Waals surface area contributed by atoms with E-state index in [1.807, 2.05) is 4.90 Å². The van der Waals surface area contributed by atoms with E-state index in [0.29, 0.717) is 13.1 Å². The van der Waals surface area contributed by atoms with E-state index in [2.05, 4.69) is 41.4 Å². The van der Waals surface area contributed by atoms with Crippen LogP contribution in [-0.4, -0.2) is 37.1 Å². The second kappa shape index (κ2) is 6.63. The molecule has 2 aromatic rings. The van der Waals surface area contributed by atoms with Crippen molar-refractivity contribution in [2.45, 2.75) is 25.3 Å². The van der Waals surface area contributed by atoms with Gasteiger partial charge in [-0.2, -0.15) is 0 Å². The number of hydrogen-bond acceptors (Lipinski definition) is 2. The summed E-state index contributed by atoms with van der Waals surface area (Å²) in [7, 11) is 0. The molecule has 1 heterocycles. The summed E-state index contributed by atoms with van der Waals surface area (Å²) in [6, 6.07) is 14.9. The van der Waals surface area contributed by atoms with Gasteiger partial charge in [0.2, 0.25) is 0 Å². The summed E-state index contributed by atoms with van der Waals surface area (Å²) in [5, 5.41) is 3.18. The molecule has 0 bridgehead atoms. The molecule has 0 unspecified atom stereocenters. The Morgan fingerprint density at radius 3 is 2.35 bits per heavy atom. The molecule has 1 saturated carbocycles. The maximum atomic E-state index is 13.1. The third-order valence-corrected chi connectivity index (χ3v) is 5.43. The molecule has 0 atom stereocenters. The van der Waals surface area contributed by atoms with Crippen molar-refractivity contribution in [3.63, 3.8) is 0 Å². The average Bonchev–Trinajstić information content (AvgIpc) is 3.43. The predicted molar refractivity (Wildman–Crippen MR) is 101 cm³/mol. The Kier molecular flexibility index (Phi) is 4.31. The number of aryl methyl sites for hydroxylation is 1. The van der Waals surface area contributed by atoms with Crippen molar-refractivity contribution in [1.29, 1.82) is 0 Å². The maximum Gasteiger partial charge on any atom is 0.318 e. The lowest BCUT2D eigenvalue weighted by molar-refractivity contribution is 0.189. The van der Waals surface area contributed by atoms with E-state index in [1.165, 1.54) is 23.4 Å². The summed E-state index contributed by atoms with van der Waals surface area (Å²) < 4.78 is 13.1. The zero-order chi connectivity index (χ0) is 18.1. The number of carbonyl (C=O) groups is 1. The molecule has 1 saturated heterocycles. The number of nitrogens with one attached hydrogen (secondary N) is 1. The number of hydrogen-bond donors (Lipinski definition) is 1. The van der Waals surface area contributed by atoms with Crippen LogP contribution in [0.5, 0.6) is 0 Å². The van der Waals surface area contributed by atoms with Gasteiger partial charge in [0.05, 0.1) is 5.54 Å². The fraction of sp³-hybridized carbons (Fsp3) is 0.381. The lowest BCUT2D eigenvalue weighted by Crippen LogP contribution is -2.53. The molecule has 0 aromatic heterocycles. The van der Waals surface area contributed by atoms with Crippen molar-refractivity contribution in [2.75, 3.05) is 31.1 Å². The first-order valence-corrected chi connectivity index (χ1v) is 9.21. The maximum absolute atomic E-state index is 13.1. The fourth-order valence-corrected chi connectivity index (χ4v) is 3.66. The van der Waals surface area contributed by atoms with Crippen LogP contribution in [0.1, 0.15) is 24.0 Å². The molecule has 1 N–H and O–H groups in total. The molecular weight excluding hydrogens is 329 g/mol. The van der Waals surface area contributed by atoms with Gasteiger partial charge in [0, 0.05) is 31.9 Å². The highest BCUT2D eigenvalue weighted by Gasteiger charge is 2.46. The Bertz CT molecular complexity index is 793. The number of rotatable bonds is 3. The van der Waals surface area contributed by atoms with Gasteiger partial charge in [-0.15, -0.1) is 0 Å². The number of benzene rings is 2. The quantitative estimate of drug-likeness (QED) is 0.914. The minimum Gasteiger partial charge on any atom is -0.368 e. The highest BCUT2D eigenvalue weighted by atomic mass is 19.1. The van der Waals surface area contributed by atoms with Crippen LogP contribution in [0.3, 0.4) is 0 Å².